The Morgan fingerprint density at radius 2 is 1.00 bits per heavy atom. The van der Waals surface area contributed by atoms with Crippen molar-refractivity contribution in [1.29, 1.82) is 0 Å². The van der Waals surface area contributed by atoms with Gasteiger partial charge in [-0.05, 0) is 50.2 Å². The molecule has 0 aromatic heterocycles. The Balaban J connectivity index is 0.000000230. The third-order valence-electron chi connectivity index (χ3n) is 7.51. The Morgan fingerprint density at radius 3 is 1.36 bits per heavy atom. The lowest BCUT2D eigenvalue weighted by atomic mass is 9.97. The molecule has 2 aromatic carbocycles. The minimum atomic E-state index is -4.37. The molecule has 5 nitrogen and oxygen atoms in total. The monoisotopic (exact) mass is 600 g/mol. The quantitative estimate of drug-likeness (QED) is 0.245. The van der Waals surface area contributed by atoms with Crippen LogP contribution in [0.4, 0.5) is 26.3 Å². The number of alkyl halides is 6. The molecule has 2 unspecified atom stereocenters. The van der Waals surface area contributed by atoms with Crippen molar-refractivity contribution in [3.63, 3.8) is 0 Å². The zero-order valence-electron chi connectivity index (χ0n) is 23.9. The van der Waals surface area contributed by atoms with Crippen LogP contribution in [0.5, 0.6) is 0 Å². The van der Waals surface area contributed by atoms with Crippen LogP contribution in [0.3, 0.4) is 0 Å². The molecule has 0 saturated carbocycles. The van der Waals surface area contributed by atoms with E-state index in [1.807, 2.05) is 6.92 Å². The maximum Gasteiger partial charge on any atom is 0.416 e. The van der Waals surface area contributed by atoms with Gasteiger partial charge in [-0.1, -0.05) is 44.5 Å². The van der Waals surface area contributed by atoms with E-state index in [9.17, 15) is 35.9 Å². The maximum atomic E-state index is 12.5. The number of morpholine rings is 1. The van der Waals surface area contributed by atoms with Crippen molar-refractivity contribution >= 4 is 11.6 Å². The van der Waals surface area contributed by atoms with Gasteiger partial charge in [-0.3, -0.25) is 14.5 Å². The number of Topliss-reactive ketones (excluding diaryl/α,β-unsaturated/α-hetero) is 2. The van der Waals surface area contributed by atoms with E-state index in [4.69, 9.17) is 4.74 Å². The molecule has 2 aliphatic rings. The number of ether oxygens (including phenoxy) is 1. The zero-order chi connectivity index (χ0) is 30.9. The Labute approximate surface area is 242 Å². The summed E-state index contributed by atoms with van der Waals surface area (Å²) < 4.78 is 80.2. The molecule has 2 atom stereocenters. The van der Waals surface area contributed by atoms with Gasteiger partial charge in [0, 0.05) is 49.1 Å². The summed E-state index contributed by atoms with van der Waals surface area (Å²) in [5.74, 6) is -0.663. The van der Waals surface area contributed by atoms with Crippen LogP contribution < -0.4 is 0 Å². The highest BCUT2D eigenvalue weighted by molar-refractivity contribution is 5.98. The summed E-state index contributed by atoms with van der Waals surface area (Å²) in [6.07, 6.45) is -5.19. The van der Waals surface area contributed by atoms with Crippen molar-refractivity contribution in [3.8, 4) is 0 Å². The Bertz CT molecular complexity index is 1050. The highest BCUT2D eigenvalue weighted by Gasteiger charge is 2.31. The second-order valence-corrected chi connectivity index (χ2v) is 11.0. The molecule has 2 aromatic rings. The molecule has 0 aliphatic carbocycles. The first kappa shape index (κ1) is 33.7. The third-order valence-corrected chi connectivity index (χ3v) is 7.51. The van der Waals surface area contributed by atoms with Crippen molar-refractivity contribution < 1.29 is 40.7 Å². The Kier molecular flexibility index (Phi) is 12.1. The normalized spacial score (nSPS) is 18.5. The SMILES string of the molecule is CC(CN1CCCCC1)C(=O)c1ccc(C(F)(F)F)cc1.CC(CN1CCOCC1)C(=O)c1ccc(C(F)(F)F)cc1. The molecule has 2 saturated heterocycles. The molecule has 42 heavy (non-hydrogen) atoms. The van der Waals surface area contributed by atoms with Gasteiger partial charge in [0.2, 0.25) is 0 Å². The van der Waals surface area contributed by atoms with Crippen molar-refractivity contribution in [2.75, 3.05) is 52.5 Å². The number of hydrogen-bond acceptors (Lipinski definition) is 5. The number of ketones is 2. The molecule has 0 bridgehead atoms. The predicted molar refractivity (Wildman–Crippen MR) is 147 cm³/mol. The van der Waals surface area contributed by atoms with E-state index in [1.54, 1.807) is 6.92 Å². The molecule has 2 aliphatic heterocycles. The van der Waals surface area contributed by atoms with Crippen LogP contribution in [-0.4, -0.2) is 73.8 Å². The smallest absolute Gasteiger partial charge is 0.379 e. The van der Waals surface area contributed by atoms with Gasteiger partial charge < -0.3 is 9.64 Å². The molecular weight excluding hydrogens is 562 g/mol. The van der Waals surface area contributed by atoms with Crippen molar-refractivity contribution in [2.45, 2.75) is 45.5 Å². The number of carbonyl (C=O) groups is 2. The molecule has 11 heteroatoms. The van der Waals surface area contributed by atoms with E-state index in [0.717, 1.165) is 63.3 Å². The summed E-state index contributed by atoms with van der Waals surface area (Å²) in [5.41, 5.74) is -0.779. The molecule has 0 spiro atoms. The average molecular weight is 601 g/mol. The fourth-order valence-corrected chi connectivity index (χ4v) is 5.08. The minimum Gasteiger partial charge on any atom is -0.379 e. The third kappa shape index (κ3) is 10.2. The van der Waals surface area contributed by atoms with Gasteiger partial charge in [0.15, 0.2) is 11.6 Å². The number of carbonyl (C=O) groups excluding carboxylic acids is 2. The molecule has 232 valence electrons. The first-order chi connectivity index (χ1) is 19.8. The van der Waals surface area contributed by atoms with Crippen LogP contribution in [-0.2, 0) is 17.1 Å². The number of rotatable bonds is 8. The molecular formula is C31H38F6N2O3. The number of piperidine rings is 1. The van der Waals surface area contributed by atoms with E-state index in [0.29, 0.717) is 37.4 Å². The fourth-order valence-electron chi connectivity index (χ4n) is 5.08. The number of likely N-dealkylation sites (tertiary alicyclic amines) is 1. The number of nitrogens with zero attached hydrogens (tertiary/aromatic N) is 2. The largest absolute Gasteiger partial charge is 0.416 e. The number of hydrogen-bond donors (Lipinski definition) is 0. The van der Waals surface area contributed by atoms with Crippen molar-refractivity contribution in [3.05, 3.63) is 70.8 Å². The highest BCUT2D eigenvalue weighted by Crippen LogP contribution is 2.30. The van der Waals surface area contributed by atoms with Gasteiger partial charge in [0.25, 0.3) is 0 Å². The van der Waals surface area contributed by atoms with Gasteiger partial charge in [-0.15, -0.1) is 0 Å². The summed E-state index contributed by atoms with van der Waals surface area (Å²) in [4.78, 5) is 28.9. The Hall–Kier alpha value is -2.76. The molecule has 2 fully saturated rings. The summed E-state index contributed by atoms with van der Waals surface area (Å²) in [6.45, 7) is 9.81. The van der Waals surface area contributed by atoms with Gasteiger partial charge in [-0.25, -0.2) is 0 Å². The van der Waals surface area contributed by atoms with E-state index in [-0.39, 0.29) is 23.4 Å². The molecule has 0 N–H and O–H groups in total. The number of halogens is 6. The van der Waals surface area contributed by atoms with Gasteiger partial charge in [0.1, 0.15) is 0 Å². The Morgan fingerprint density at radius 1 is 0.643 bits per heavy atom. The minimum absolute atomic E-state index is 0.0886. The van der Waals surface area contributed by atoms with Crippen LogP contribution in [0.15, 0.2) is 48.5 Å². The van der Waals surface area contributed by atoms with E-state index < -0.39 is 23.5 Å². The van der Waals surface area contributed by atoms with Gasteiger partial charge in [-0.2, -0.15) is 26.3 Å². The summed E-state index contributed by atoms with van der Waals surface area (Å²) in [6, 6.07) is 8.91. The van der Waals surface area contributed by atoms with E-state index >= 15 is 0 Å². The molecule has 0 radical (unpaired) electrons. The first-order valence-electron chi connectivity index (χ1n) is 14.2. The maximum absolute atomic E-state index is 12.5. The lowest BCUT2D eigenvalue weighted by molar-refractivity contribution is -0.138. The van der Waals surface area contributed by atoms with Crippen LogP contribution in [0.2, 0.25) is 0 Å². The fraction of sp³-hybridized carbons (Fsp3) is 0.548. The highest BCUT2D eigenvalue weighted by atomic mass is 19.4. The summed E-state index contributed by atoms with van der Waals surface area (Å²) >= 11 is 0. The average Bonchev–Trinajstić information content (AvgIpc) is 2.97. The summed E-state index contributed by atoms with van der Waals surface area (Å²) in [7, 11) is 0. The lowest BCUT2D eigenvalue weighted by Gasteiger charge is -2.28. The van der Waals surface area contributed by atoms with Gasteiger partial charge >= 0.3 is 12.4 Å². The lowest BCUT2D eigenvalue weighted by Crippen LogP contribution is -2.40. The van der Waals surface area contributed by atoms with Crippen molar-refractivity contribution in [2.24, 2.45) is 11.8 Å². The van der Waals surface area contributed by atoms with E-state index in [2.05, 4.69) is 9.80 Å². The predicted octanol–water partition coefficient (Wildman–Crippen LogP) is 6.87. The van der Waals surface area contributed by atoms with Crippen molar-refractivity contribution in [1.82, 2.24) is 9.80 Å². The topological polar surface area (TPSA) is 49.9 Å². The van der Waals surface area contributed by atoms with Crippen LogP contribution in [0, 0.1) is 11.8 Å². The standard InChI is InChI=1S/C16H20F3NO.C15H18F3NO2/c1-12(11-20-9-3-2-4-10-20)15(21)13-5-7-14(8-6-13)16(17,18)19;1-11(10-19-6-8-21-9-7-19)14(20)12-2-4-13(5-3-12)15(16,17)18/h5-8,12H,2-4,9-11H2,1H3;2-5,11H,6-10H2,1H3. The zero-order valence-corrected chi connectivity index (χ0v) is 23.9. The van der Waals surface area contributed by atoms with Crippen LogP contribution in [0.25, 0.3) is 0 Å². The number of benzene rings is 2. The second-order valence-electron chi connectivity index (χ2n) is 11.0. The van der Waals surface area contributed by atoms with E-state index in [1.165, 1.54) is 30.7 Å². The first-order valence-corrected chi connectivity index (χ1v) is 14.2. The second kappa shape index (κ2) is 15.1. The van der Waals surface area contributed by atoms with Crippen LogP contribution >= 0.6 is 0 Å². The molecule has 2 heterocycles. The van der Waals surface area contributed by atoms with Crippen LogP contribution in [0.1, 0.15) is 65.0 Å². The molecule has 0 amide bonds. The van der Waals surface area contributed by atoms with Gasteiger partial charge in [0.05, 0.1) is 24.3 Å². The summed E-state index contributed by atoms with van der Waals surface area (Å²) in [5, 5.41) is 0. The molecule has 4 rings (SSSR count).